The van der Waals surface area contributed by atoms with Crippen LogP contribution >= 0.6 is 0 Å². The van der Waals surface area contributed by atoms with Gasteiger partial charge in [0.05, 0.1) is 5.39 Å². The van der Waals surface area contributed by atoms with Gasteiger partial charge in [-0.15, -0.1) is 0 Å². The van der Waals surface area contributed by atoms with Crippen molar-refractivity contribution in [3.8, 4) is 0 Å². The molecule has 1 aliphatic rings. The van der Waals surface area contributed by atoms with Crippen molar-refractivity contribution in [2.75, 3.05) is 30.7 Å². The number of primary amides is 1. The van der Waals surface area contributed by atoms with Gasteiger partial charge in [0.25, 0.3) is 5.91 Å². The van der Waals surface area contributed by atoms with E-state index in [-0.39, 0.29) is 16.8 Å². The molecule has 31 heavy (non-hydrogen) atoms. The van der Waals surface area contributed by atoms with Crippen LogP contribution in [0, 0.1) is 0 Å². The molecule has 10 heteroatoms. The lowest BCUT2D eigenvalue weighted by molar-refractivity contribution is 0.0670. The molecular weight excluding hydrogens is 401 g/mol. The molecule has 0 spiro atoms. The molecule has 0 radical (unpaired) electrons. The summed E-state index contributed by atoms with van der Waals surface area (Å²) in [6, 6.07) is 7.81. The van der Waals surface area contributed by atoms with E-state index in [0.29, 0.717) is 31.2 Å². The Hall–Kier alpha value is -3.53. The van der Waals surface area contributed by atoms with Gasteiger partial charge in [0.1, 0.15) is 17.6 Å². The number of benzene rings is 1. The van der Waals surface area contributed by atoms with Crippen LogP contribution in [0.15, 0.2) is 35.3 Å². The number of likely N-dealkylation sites (tertiary alicyclic amines) is 1. The summed E-state index contributed by atoms with van der Waals surface area (Å²) in [6.07, 6.45) is 1.53. The van der Waals surface area contributed by atoms with E-state index in [4.69, 9.17) is 11.5 Å². The highest BCUT2D eigenvalue weighted by Gasteiger charge is 2.25. The van der Waals surface area contributed by atoms with Crippen LogP contribution in [0.3, 0.4) is 0 Å². The van der Waals surface area contributed by atoms with Gasteiger partial charge in [-0.25, -0.2) is 9.37 Å². The van der Waals surface area contributed by atoms with Crippen molar-refractivity contribution in [2.24, 2.45) is 5.73 Å². The molecule has 3 heterocycles. The second kappa shape index (κ2) is 8.31. The number of aromatic nitrogens is 3. The van der Waals surface area contributed by atoms with E-state index in [1.165, 1.54) is 6.20 Å². The number of anilines is 3. The molecule has 3 aromatic rings. The summed E-state index contributed by atoms with van der Waals surface area (Å²) in [4.78, 5) is 35.0. The van der Waals surface area contributed by atoms with Gasteiger partial charge in [0, 0.05) is 38.1 Å². The van der Waals surface area contributed by atoms with Crippen LogP contribution in [0.2, 0.25) is 0 Å². The summed E-state index contributed by atoms with van der Waals surface area (Å²) in [7, 11) is 0. The number of pyridine rings is 1. The molecule has 5 N–H and O–H groups in total. The lowest BCUT2D eigenvalue weighted by Gasteiger charge is -2.34. The van der Waals surface area contributed by atoms with Crippen LogP contribution in [0.5, 0.6) is 0 Å². The summed E-state index contributed by atoms with van der Waals surface area (Å²) in [5, 5.41) is 3.29. The van der Waals surface area contributed by atoms with E-state index in [9.17, 15) is 14.0 Å². The molecule has 0 saturated carbocycles. The maximum Gasteiger partial charge on any atom is 0.256 e. The largest absolute Gasteiger partial charge is 0.384 e. The number of carbonyl (C=O) groups is 1. The molecule has 0 bridgehead atoms. The zero-order valence-electron chi connectivity index (χ0n) is 17.1. The summed E-state index contributed by atoms with van der Waals surface area (Å²) in [6.45, 7) is 4.10. The van der Waals surface area contributed by atoms with Gasteiger partial charge in [0.15, 0.2) is 5.65 Å². The van der Waals surface area contributed by atoms with Crippen LogP contribution in [-0.2, 0) is 13.0 Å². The second-order valence-electron chi connectivity index (χ2n) is 7.56. The molecule has 1 saturated heterocycles. The minimum Gasteiger partial charge on any atom is -0.384 e. The normalized spacial score (nSPS) is 14.5. The molecule has 4 rings (SSSR count). The standard InChI is InChI=1S/C21H24FN7O2/c1-2-29-18(23)16(19(24)31)17(30)15-9-25-21(27-20(15)29)26-14-5-3-12(4-6-14)7-8-28-10-13(22)11-28/h3-6,9,13H,2,7-8,10-11,23H2,1H3,(H2,24,31)(H,25,26,27). The van der Waals surface area contributed by atoms with Crippen molar-refractivity contribution in [1.29, 1.82) is 0 Å². The first kappa shape index (κ1) is 20.7. The molecule has 1 aliphatic heterocycles. The molecule has 2 aromatic heterocycles. The SMILES string of the molecule is CCn1c(N)c(C(N)=O)c(=O)c2cnc(Nc3ccc(CCN4CC(F)C4)cc3)nc21. The van der Waals surface area contributed by atoms with Crippen LogP contribution in [0.1, 0.15) is 22.8 Å². The quantitative estimate of drug-likeness (QED) is 0.522. The van der Waals surface area contributed by atoms with Gasteiger partial charge >= 0.3 is 0 Å². The Labute approximate surface area is 177 Å². The maximum atomic E-state index is 12.9. The van der Waals surface area contributed by atoms with Crippen molar-refractivity contribution in [1.82, 2.24) is 19.4 Å². The van der Waals surface area contributed by atoms with E-state index in [2.05, 4.69) is 20.2 Å². The predicted octanol–water partition coefficient (Wildman–Crippen LogP) is 1.43. The summed E-state index contributed by atoms with van der Waals surface area (Å²) < 4.78 is 14.4. The molecule has 9 nitrogen and oxygen atoms in total. The third-order valence-corrected chi connectivity index (χ3v) is 5.44. The van der Waals surface area contributed by atoms with Crippen LogP contribution in [0.25, 0.3) is 11.0 Å². The van der Waals surface area contributed by atoms with Crippen molar-refractivity contribution < 1.29 is 9.18 Å². The minimum atomic E-state index is -0.882. The first-order chi connectivity index (χ1) is 14.9. The Morgan fingerprint density at radius 2 is 2.00 bits per heavy atom. The molecule has 1 aromatic carbocycles. The molecule has 162 valence electrons. The van der Waals surface area contributed by atoms with E-state index in [1.807, 2.05) is 31.2 Å². The van der Waals surface area contributed by atoms with Gasteiger partial charge in [-0.3, -0.25) is 14.5 Å². The van der Waals surface area contributed by atoms with Gasteiger partial charge < -0.3 is 21.4 Å². The molecule has 0 atom stereocenters. The van der Waals surface area contributed by atoms with E-state index in [1.54, 1.807) is 4.57 Å². The Bertz CT molecular complexity index is 1190. The fourth-order valence-corrected chi connectivity index (χ4v) is 3.72. The number of alkyl halides is 1. The van der Waals surface area contributed by atoms with Crippen LogP contribution in [-0.4, -0.2) is 51.1 Å². The topological polar surface area (TPSA) is 132 Å². The molecule has 0 unspecified atom stereocenters. The number of rotatable bonds is 7. The van der Waals surface area contributed by atoms with Gasteiger partial charge in [-0.05, 0) is 31.0 Å². The Morgan fingerprint density at radius 1 is 1.29 bits per heavy atom. The van der Waals surface area contributed by atoms with Gasteiger partial charge in [0.2, 0.25) is 11.4 Å². The number of nitrogens with two attached hydrogens (primary N) is 2. The zero-order valence-corrected chi connectivity index (χ0v) is 17.1. The number of carbonyl (C=O) groups excluding carboxylic acids is 1. The first-order valence-corrected chi connectivity index (χ1v) is 10.1. The fourth-order valence-electron chi connectivity index (χ4n) is 3.72. The number of halogens is 1. The second-order valence-corrected chi connectivity index (χ2v) is 7.56. The van der Waals surface area contributed by atoms with E-state index < -0.39 is 17.5 Å². The van der Waals surface area contributed by atoms with E-state index in [0.717, 1.165) is 24.2 Å². The number of aryl methyl sites for hydroxylation is 1. The lowest BCUT2D eigenvalue weighted by Crippen LogP contribution is -2.48. The van der Waals surface area contributed by atoms with Gasteiger partial charge in [-0.2, -0.15) is 4.98 Å². The highest BCUT2D eigenvalue weighted by atomic mass is 19.1. The molecular formula is C21H24FN7O2. The van der Waals surface area contributed by atoms with Crippen LogP contribution in [0.4, 0.5) is 21.8 Å². The number of hydrogen-bond acceptors (Lipinski definition) is 7. The Balaban J connectivity index is 1.55. The number of nitrogens with zero attached hydrogens (tertiary/aromatic N) is 4. The number of amides is 1. The lowest BCUT2D eigenvalue weighted by atomic mass is 10.1. The molecule has 0 aliphatic carbocycles. The predicted molar refractivity (Wildman–Crippen MR) is 117 cm³/mol. The monoisotopic (exact) mass is 425 g/mol. The van der Waals surface area contributed by atoms with Crippen molar-refractivity contribution in [2.45, 2.75) is 26.1 Å². The average molecular weight is 425 g/mol. The smallest absolute Gasteiger partial charge is 0.256 e. The van der Waals surface area contributed by atoms with E-state index >= 15 is 0 Å². The van der Waals surface area contributed by atoms with Crippen molar-refractivity contribution >= 4 is 34.4 Å². The number of nitrogens with one attached hydrogen (secondary N) is 1. The third kappa shape index (κ3) is 4.06. The maximum absolute atomic E-state index is 12.9. The Kier molecular flexibility index (Phi) is 5.55. The zero-order chi connectivity index (χ0) is 22.1. The van der Waals surface area contributed by atoms with Crippen LogP contribution < -0.4 is 22.2 Å². The minimum absolute atomic E-state index is 0.0113. The van der Waals surface area contributed by atoms with Crippen molar-refractivity contribution in [3.63, 3.8) is 0 Å². The fraction of sp³-hybridized carbons (Fsp3) is 0.333. The first-order valence-electron chi connectivity index (χ1n) is 10.1. The highest BCUT2D eigenvalue weighted by Crippen LogP contribution is 2.20. The molecule has 1 fully saturated rings. The summed E-state index contributed by atoms with van der Waals surface area (Å²) in [5.74, 6) is -0.599. The average Bonchev–Trinajstić information content (AvgIpc) is 2.71. The third-order valence-electron chi connectivity index (χ3n) is 5.44. The Morgan fingerprint density at radius 3 is 2.61 bits per heavy atom. The summed E-state index contributed by atoms with van der Waals surface area (Å²) in [5.41, 5.74) is 12.8. The number of hydrogen-bond donors (Lipinski definition) is 3. The summed E-state index contributed by atoms with van der Waals surface area (Å²) >= 11 is 0. The number of nitrogen functional groups attached to an aromatic ring is 1. The van der Waals surface area contributed by atoms with Gasteiger partial charge in [-0.1, -0.05) is 12.1 Å². The van der Waals surface area contributed by atoms with Crippen molar-refractivity contribution in [3.05, 3.63) is 51.8 Å². The molecule has 1 amide bonds. The highest BCUT2D eigenvalue weighted by molar-refractivity contribution is 6.00. The number of fused-ring (bicyclic) bond motifs is 1.